The number of benzene rings is 1. The molecule has 0 radical (unpaired) electrons. The molecular formula is C20H20ClN3O2. The van der Waals surface area contributed by atoms with Gasteiger partial charge in [-0.2, -0.15) is 0 Å². The lowest BCUT2D eigenvalue weighted by Gasteiger charge is -2.09. The van der Waals surface area contributed by atoms with E-state index in [9.17, 15) is 4.79 Å². The summed E-state index contributed by atoms with van der Waals surface area (Å²) in [5.41, 5.74) is 3.68. The maximum atomic E-state index is 12.0. The number of hydrogen-bond donors (Lipinski definition) is 1. The lowest BCUT2D eigenvalue weighted by molar-refractivity contribution is -0.116. The number of amides is 1. The second-order valence-corrected chi connectivity index (χ2v) is 6.32. The van der Waals surface area contributed by atoms with Crippen molar-refractivity contribution in [2.24, 2.45) is 0 Å². The van der Waals surface area contributed by atoms with Gasteiger partial charge < -0.3 is 10.1 Å². The zero-order valence-corrected chi connectivity index (χ0v) is 15.5. The molecule has 0 spiro atoms. The van der Waals surface area contributed by atoms with E-state index >= 15 is 0 Å². The lowest BCUT2D eigenvalue weighted by Crippen LogP contribution is -2.26. The van der Waals surface area contributed by atoms with Crippen LogP contribution in [0.1, 0.15) is 16.8 Å². The third kappa shape index (κ3) is 4.24. The Kier molecular flexibility index (Phi) is 5.58. The van der Waals surface area contributed by atoms with Crippen LogP contribution in [0.5, 0.6) is 5.75 Å². The van der Waals surface area contributed by atoms with Crippen molar-refractivity contribution in [3.8, 4) is 5.75 Å². The summed E-state index contributed by atoms with van der Waals surface area (Å²) in [5.74, 6) is 0.620. The molecule has 1 amide bonds. The first-order valence-electron chi connectivity index (χ1n) is 8.33. The van der Waals surface area contributed by atoms with Crippen molar-refractivity contribution in [1.29, 1.82) is 0 Å². The van der Waals surface area contributed by atoms with Crippen LogP contribution in [0.2, 0.25) is 5.15 Å². The number of pyridine rings is 1. The number of halogens is 1. The zero-order valence-electron chi connectivity index (χ0n) is 14.7. The van der Waals surface area contributed by atoms with Crippen LogP contribution in [0.3, 0.4) is 0 Å². The van der Waals surface area contributed by atoms with Gasteiger partial charge in [0.05, 0.1) is 12.2 Å². The summed E-state index contributed by atoms with van der Waals surface area (Å²) >= 11 is 6.14. The number of rotatable bonds is 6. The molecule has 3 aromatic rings. The summed E-state index contributed by atoms with van der Waals surface area (Å²) < 4.78 is 7.52. The van der Waals surface area contributed by atoms with Crippen LogP contribution in [0, 0.1) is 13.8 Å². The van der Waals surface area contributed by atoms with E-state index in [0.29, 0.717) is 24.0 Å². The highest BCUT2D eigenvalue weighted by Crippen LogP contribution is 2.19. The normalized spacial score (nSPS) is 11.2. The van der Waals surface area contributed by atoms with Crippen molar-refractivity contribution >= 4 is 29.2 Å². The number of imidazole rings is 1. The van der Waals surface area contributed by atoms with Gasteiger partial charge in [-0.15, -0.1) is 0 Å². The Morgan fingerprint density at radius 1 is 1.31 bits per heavy atom. The molecule has 2 aromatic heterocycles. The van der Waals surface area contributed by atoms with Crippen LogP contribution in [0.4, 0.5) is 0 Å². The van der Waals surface area contributed by atoms with E-state index in [2.05, 4.69) is 16.4 Å². The summed E-state index contributed by atoms with van der Waals surface area (Å²) in [5, 5.41) is 3.15. The lowest BCUT2D eigenvalue weighted by atomic mass is 10.1. The van der Waals surface area contributed by atoms with Crippen LogP contribution in [0.15, 0.2) is 48.7 Å². The fourth-order valence-electron chi connectivity index (χ4n) is 2.65. The van der Waals surface area contributed by atoms with E-state index in [1.807, 2.05) is 54.8 Å². The van der Waals surface area contributed by atoms with Crippen LogP contribution in [-0.2, 0) is 4.79 Å². The molecule has 0 aliphatic rings. The molecule has 3 rings (SSSR count). The van der Waals surface area contributed by atoms with Crippen molar-refractivity contribution in [3.05, 3.63) is 70.6 Å². The fourth-order valence-corrected chi connectivity index (χ4v) is 2.89. The molecule has 2 heterocycles. The third-order valence-corrected chi connectivity index (χ3v) is 4.18. The minimum absolute atomic E-state index is 0.212. The van der Waals surface area contributed by atoms with Crippen LogP contribution in [0.25, 0.3) is 11.7 Å². The maximum absolute atomic E-state index is 12.0. The first-order chi connectivity index (χ1) is 12.5. The minimum atomic E-state index is -0.212. The Morgan fingerprint density at radius 3 is 2.96 bits per heavy atom. The molecule has 0 fully saturated rings. The number of nitrogens with one attached hydrogen (secondary N) is 1. The number of aromatic nitrogens is 2. The van der Waals surface area contributed by atoms with Gasteiger partial charge in [0.1, 0.15) is 18.0 Å². The Bertz CT molecular complexity index is 963. The monoisotopic (exact) mass is 369 g/mol. The average molecular weight is 370 g/mol. The predicted octanol–water partition coefficient (Wildman–Crippen LogP) is 3.81. The van der Waals surface area contributed by atoms with Crippen LogP contribution in [-0.4, -0.2) is 28.4 Å². The van der Waals surface area contributed by atoms with Crippen molar-refractivity contribution in [3.63, 3.8) is 0 Å². The van der Waals surface area contributed by atoms with E-state index in [-0.39, 0.29) is 5.91 Å². The molecule has 0 aliphatic carbocycles. The molecule has 1 aromatic carbocycles. The van der Waals surface area contributed by atoms with Crippen LogP contribution >= 0.6 is 11.6 Å². The number of fused-ring (bicyclic) bond motifs is 1. The molecule has 0 atom stereocenters. The minimum Gasteiger partial charge on any atom is -0.491 e. The standard InChI is InChI=1S/C20H20ClN3O2/c1-14-6-8-17(15(2)13-14)26-12-10-22-19(25)9-7-16-20(21)23-18-5-3-4-11-24(16)18/h3-9,11,13H,10,12H2,1-2H3,(H,22,25)/b9-7+. The second kappa shape index (κ2) is 8.06. The van der Waals surface area contributed by atoms with Gasteiger partial charge in [0.15, 0.2) is 5.15 Å². The second-order valence-electron chi connectivity index (χ2n) is 5.96. The highest BCUT2D eigenvalue weighted by Gasteiger charge is 2.07. The fraction of sp³-hybridized carbons (Fsp3) is 0.200. The van der Waals surface area contributed by atoms with Gasteiger partial charge >= 0.3 is 0 Å². The van der Waals surface area contributed by atoms with Gasteiger partial charge in [-0.05, 0) is 43.7 Å². The summed E-state index contributed by atoms with van der Waals surface area (Å²) in [6.07, 6.45) is 4.95. The largest absolute Gasteiger partial charge is 0.491 e. The highest BCUT2D eigenvalue weighted by atomic mass is 35.5. The maximum Gasteiger partial charge on any atom is 0.244 e. The van der Waals surface area contributed by atoms with Gasteiger partial charge in [-0.25, -0.2) is 4.98 Å². The Hall–Kier alpha value is -2.79. The van der Waals surface area contributed by atoms with Gasteiger partial charge in [-0.3, -0.25) is 9.20 Å². The van der Waals surface area contributed by atoms with E-state index in [4.69, 9.17) is 16.3 Å². The summed E-state index contributed by atoms with van der Waals surface area (Å²) in [6, 6.07) is 11.6. The molecule has 5 nitrogen and oxygen atoms in total. The summed E-state index contributed by atoms with van der Waals surface area (Å²) in [6.45, 7) is 4.86. The number of aryl methyl sites for hydroxylation is 2. The van der Waals surface area contributed by atoms with Crippen molar-refractivity contribution in [2.45, 2.75) is 13.8 Å². The van der Waals surface area contributed by atoms with Gasteiger partial charge in [-0.1, -0.05) is 35.4 Å². The van der Waals surface area contributed by atoms with E-state index in [0.717, 1.165) is 17.0 Å². The molecule has 0 saturated heterocycles. The molecule has 0 bridgehead atoms. The number of carbonyl (C=O) groups excluding carboxylic acids is 1. The first-order valence-corrected chi connectivity index (χ1v) is 8.71. The van der Waals surface area contributed by atoms with Gasteiger partial charge in [0.2, 0.25) is 5.91 Å². The van der Waals surface area contributed by atoms with Gasteiger partial charge in [0.25, 0.3) is 0 Å². The smallest absolute Gasteiger partial charge is 0.244 e. The van der Waals surface area contributed by atoms with Gasteiger partial charge in [0, 0.05) is 12.3 Å². The summed E-state index contributed by atoms with van der Waals surface area (Å²) in [4.78, 5) is 16.2. The Morgan fingerprint density at radius 2 is 2.15 bits per heavy atom. The Labute approximate surface area is 157 Å². The van der Waals surface area contributed by atoms with Crippen molar-refractivity contribution in [1.82, 2.24) is 14.7 Å². The quantitative estimate of drug-likeness (QED) is 0.531. The summed E-state index contributed by atoms with van der Waals surface area (Å²) in [7, 11) is 0. The number of carbonyl (C=O) groups is 1. The number of hydrogen-bond acceptors (Lipinski definition) is 3. The topological polar surface area (TPSA) is 55.6 Å². The first kappa shape index (κ1) is 18.0. The molecule has 26 heavy (non-hydrogen) atoms. The SMILES string of the molecule is Cc1ccc(OCCNC(=O)/C=C/c2c(Cl)nc3ccccn23)c(C)c1. The van der Waals surface area contributed by atoms with Crippen LogP contribution < -0.4 is 10.1 Å². The average Bonchev–Trinajstić information content (AvgIpc) is 2.93. The molecule has 134 valence electrons. The molecule has 0 saturated carbocycles. The number of ether oxygens (including phenoxy) is 1. The van der Waals surface area contributed by atoms with Crippen molar-refractivity contribution in [2.75, 3.05) is 13.2 Å². The van der Waals surface area contributed by atoms with Crippen molar-refractivity contribution < 1.29 is 9.53 Å². The highest BCUT2D eigenvalue weighted by molar-refractivity contribution is 6.31. The van der Waals surface area contributed by atoms with E-state index < -0.39 is 0 Å². The van der Waals surface area contributed by atoms with E-state index in [1.54, 1.807) is 6.08 Å². The molecule has 1 N–H and O–H groups in total. The molecule has 0 unspecified atom stereocenters. The predicted molar refractivity (Wildman–Crippen MR) is 104 cm³/mol. The molecule has 6 heteroatoms. The Balaban J connectivity index is 1.52. The zero-order chi connectivity index (χ0) is 18.5. The van der Waals surface area contributed by atoms with E-state index in [1.165, 1.54) is 11.6 Å². The molecular weight excluding hydrogens is 350 g/mol. The molecule has 0 aliphatic heterocycles. The third-order valence-electron chi connectivity index (χ3n) is 3.90. The number of nitrogens with zero attached hydrogens (tertiary/aromatic N) is 2.